The van der Waals surface area contributed by atoms with Gasteiger partial charge in [0.15, 0.2) is 0 Å². The van der Waals surface area contributed by atoms with E-state index in [1.165, 1.54) is 24.8 Å². The molecular weight excluding hydrogens is 206 g/mol. The molecule has 0 amide bonds. The molecule has 1 aromatic carbocycles. The average molecular weight is 224 g/mol. The Balaban J connectivity index is 2.18. The van der Waals surface area contributed by atoms with Gasteiger partial charge in [0.05, 0.1) is 0 Å². The van der Waals surface area contributed by atoms with E-state index in [2.05, 4.69) is 30.4 Å². The van der Waals surface area contributed by atoms with Gasteiger partial charge in [-0.05, 0) is 37.1 Å². The van der Waals surface area contributed by atoms with Gasteiger partial charge in [-0.3, -0.25) is 0 Å². The average Bonchev–Trinajstić information content (AvgIpc) is 2.16. The first-order valence-corrected chi connectivity index (χ1v) is 6.11. The normalized spacial score (nSPS) is 18.5. The van der Waals surface area contributed by atoms with Crippen LogP contribution in [0.2, 0.25) is 5.02 Å². The predicted molar refractivity (Wildman–Crippen MR) is 65.5 cm³/mol. The van der Waals surface area contributed by atoms with Gasteiger partial charge < -0.3 is 5.32 Å². The van der Waals surface area contributed by atoms with Crippen LogP contribution in [0.4, 0.5) is 0 Å². The third-order valence-corrected chi connectivity index (χ3v) is 3.70. The van der Waals surface area contributed by atoms with E-state index in [0.29, 0.717) is 5.41 Å². The van der Waals surface area contributed by atoms with Crippen LogP contribution in [0.25, 0.3) is 0 Å². The predicted octanol–water partition coefficient (Wildman–Crippen LogP) is 3.37. The summed E-state index contributed by atoms with van der Waals surface area (Å²) in [6.07, 6.45) is 3.93. The van der Waals surface area contributed by atoms with Gasteiger partial charge in [0.25, 0.3) is 0 Å². The van der Waals surface area contributed by atoms with Crippen molar-refractivity contribution < 1.29 is 0 Å². The lowest BCUT2D eigenvalue weighted by Gasteiger charge is -2.42. The number of benzene rings is 1. The molecule has 1 saturated carbocycles. The number of rotatable bonds is 4. The van der Waals surface area contributed by atoms with Crippen molar-refractivity contribution in [2.45, 2.75) is 31.6 Å². The Kier molecular flexibility index (Phi) is 3.32. The topological polar surface area (TPSA) is 12.0 Å². The Bertz CT molecular complexity index is 331. The van der Waals surface area contributed by atoms with Gasteiger partial charge in [0.1, 0.15) is 0 Å². The molecule has 0 bridgehead atoms. The molecule has 15 heavy (non-hydrogen) atoms. The van der Waals surface area contributed by atoms with Crippen LogP contribution in [-0.2, 0) is 5.41 Å². The van der Waals surface area contributed by atoms with Gasteiger partial charge in [-0.1, -0.05) is 37.1 Å². The molecule has 82 valence electrons. The third-order valence-electron chi connectivity index (χ3n) is 3.46. The molecule has 0 radical (unpaired) electrons. The summed E-state index contributed by atoms with van der Waals surface area (Å²) in [6, 6.07) is 8.34. The van der Waals surface area contributed by atoms with Crippen molar-refractivity contribution in [3.05, 3.63) is 34.9 Å². The van der Waals surface area contributed by atoms with Gasteiger partial charge in [-0.2, -0.15) is 0 Å². The van der Waals surface area contributed by atoms with Crippen molar-refractivity contribution in [2.75, 3.05) is 13.1 Å². The molecule has 0 aliphatic heterocycles. The van der Waals surface area contributed by atoms with Gasteiger partial charge in [0, 0.05) is 17.0 Å². The fraction of sp³-hybridized carbons (Fsp3) is 0.538. The maximum atomic E-state index is 6.05. The first-order valence-electron chi connectivity index (χ1n) is 5.74. The van der Waals surface area contributed by atoms with Crippen molar-refractivity contribution in [2.24, 2.45) is 0 Å². The molecule has 1 aliphatic carbocycles. The zero-order valence-electron chi connectivity index (χ0n) is 9.22. The molecule has 1 aromatic rings. The first kappa shape index (κ1) is 11.0. The van der Waals surface area contributed by atoms with Crippen LogP contribution in [-0.4, -0.2) is 13.1 Å². The van der Waals surface area contributed by atoms with Crippen LogP contribution in [0.1, 0.15) is 31.7 Å². The zero-order chi connectivity index (χ0) is 10.7. The summed E-state index contributed by atoms with van der Waals surface area (Å²) in [7, 11) is 0. The van der Waals surface area contributed by atoms with E-state index in [1.54, 1.807) is 0 Å². The molecule has 1 nitrogen and oxygen atoms in total. The molecule has 2 heteroatoms. The first-order chi connectivity index (χ1) is 7.27. The van der Waals surface area contributed by atoms with E-state index in [-0.39, 0.29) is 0 Å². The summed E-state index contributed by atoms with van der Waals surface area (Å²) in [5.41, 5.74) is 1.77. The van der Waals surface area contributed by atoms with Crippen LogP contribution in [0.15, 0.2) is 24.3 Å². The van der Waals surface area contributed by atoms with Crippen LogP contribution in [0, 0.1) is 0 Å². The highest BCUT2D eigenvalue weighted by molar-refractivity contribution is 6.30. The summed E-state index contributed by atoms with van der Waals surface area (Å²) in [5.74, 6) is 0. The summed E-state index contributed by atoms with van der Waals surface area (Å²) < 4.78 is 0. The van der Waals surface area contributed by atoms with E-state index >= 15 is 0 Å². The standard InChI is InChI=1S/C13H18ClN/c1-2-15-10-13(7-4-8-13)11-5-3-6-12(14)9-11/h3,5-6,9,15H,2,4,7-8,10H2,1H3. The number of halogens is 1. The monoisotopic (exact) mass is 223 g/mol. The molecule has 2 rings (SSSR count). The summed E-state index contributed by atoms with van der Waals surface area (Å²) in [4.78, 5) is 0. The second kappa shape index (κ2) is 4.54. The Morgan fingerprint density at radius 3 is 2.73 bits per heavy atom. The van der Waals surface area contributed by atoms with Gasteiger partial charge in [-0.15, -0.1) is 0 Å². The van der Waals surface area contributed by atoms with Crippen molar-refractivity contribution in [1.29, 1.82) is 0 Å². The highest BCUT2D eigenvalue weighted by atomic mass is 35.5. The van der Waals surface area contributed by atoms with E-state index in [1.807, 2.05) is 6.07 Å². The second-order valence-corrected chi connectivity index (χ2v) is 4.86. The lowest BCUT2D eigenvalue weighted by atomic mass is 9.64. The summed E-state index contributed by atoms with van der Waals surface area (Å²) in [5, 5.41) is 4.32. The fourth-order valence-electron chi connectivity index (χ4n) is 2.35. The molecule has 0 heterocycles. The molecule has 0 unspecified atom stereocenters. The Hall–Kier alpha value is -0.530. The molecule has 0 saturated heterocycles. The van der Waals surface area contributed by atoms with Gasteiger partial charge in [0.2, 0.25) is 0 Å². The SMILES string of the molecule is CCNCC1(c2cccc(Cl)c2)CCC1. The van der Waals surface area contributed by atoms with Gasteiger partial charge >= 0.3 is 0 Å². The van der Waals surface area contributed by atoms with E-state index < -0.39 is 0 Å². The minimum absolute atomic E-state index is 0.362. The van der Waals surface area contributed by atoms with Crippen molar-refractivity contribution in [3.8, 4) is 0 Å². The molecule has 0 spiro atoms. The quantitative estimate of drug-likeness (QED) is 0.826. The van der Waals surface area contributed by atoms with Crippen LogP contribution in [0.5, 0.6) is 0 Å². The molecule has 1 N–H and O–H groups in total. The van der Waals surface area contributed by atoms with Crippen molar-refractivity contribution in [1.82, 2.24) is 5.32 Å². The molecule has 0 aromatic heterocycles. The Labute approximate surface area is 96.8 Å². The number of nitrogens with one attached hydrogen (secondary N) is 1. The highest BCUT2D eigenvalue weighted by Gasteiger charge is 2.37. The molecule has 1 fully saturated rings. The minimum Gasteiger partial charge on any atom is -0.316 e. The number of hydrogen-bond acceptors (Lipinski definition) is 1. The minimum atomic E-state index is 0.362. The zero-order valence-corrected chi connectivity index (χ0v) is 9.98. The van der Waals surface area contributed by atoms with Crippen LogP contribution in [0.3, 0.4) is 0 Å². The largest absolute Gasteiger partial charge is 0.316 e. The third kappa shape index (κ3) is 2.19. The lowest BCUT2D eigenvalue weighted by molar-refractivity contribution is 0.235. The molecule has 0 atom stereocenters. The highest BCUT2D eigenvalue weighted by Crippen LogP contribution is 2.43. The van der Waals surface area contributed by atoms with Crippen molar-refractivity contribution in [3.63, 3.8) is 0 Å². The molecular formula is C13H18ClN. The second-order valence-electron chi connectivity index (χ2n) is 4.42. The van der Waals surface area contributed by atoms with E-state index in [4.69, 9.17) is 11.6 Å². The van der Waals surface area contributed by atoms with E-state index in [0.717, 1.165) is 18.1 Å². The summed E-state index contributed by atoms with van der Waals surface area (Å²) in [6.45, 7) is 4.29. The Morgan fingerprint density at radius 1 is 1.40 bits per heavy atom. The van der Waals surface area contributed by atoms with E-state index in [9.17, 15) is 0 Å². The summed E-state index contributed by atoms with van der Waals surface area (Å²) >= 11 is 6.05. The number of likely N-dealkylation sites (N-methyl/N-ethyl adjacent to an activating group) is 1. The van der Waals surface area contributed by atoms with Crippen LogP contribution < -0.4 is 5.32 Å². The van der Waals surface area contributed by atoms with Crippen molar-refractivity contribution >= 4 is 11.6 Å². The molecule has 1 aliphatic rings. The Morgan fingerprint density at radius 2 is 2.20 bits per heavy atom. The number of hydrogen-bond donors (Lipinski definition) is 1. The van der Waals surface area contributed by atoms with Gasteiger partial charge in [-0.25, -0.2) is 0 Å². The fourth-order valence-corrected chi connectivity index (χ4v) is 2.54. The lowest BCUT2D eigenvalue weighted by Crippen LogP contribution is -2.43. The maximum Gasteiger partial charge on any atom is 0.0408 e. The maximum absolute atomic E-state index is 6.05. The van der Waals surface area contributed by atoms with Crippen LogP contribution >= 0.6 is 11.6 Å². The smallest absolute Gasteiger partial charge is 0.0408 e.